The summed E-state index contributed by atoms with van der Waals surface area (Å²) >= 11 is 6.40. The molecule has 11 nitrogen and oxygen atoms in total. The summed E-state index contributed by atoms with van der Waals surface area (Å²) in [4.78, 5) is 36.9. The van der Waals surface area contributed by atoms with E-state index in [1.807, 2.05) is 0 Å². The first-order valence-corrected chi connectivity index (χ1v) is 17.0. The molecule has 2 aromatic carbocycles. The van der Waals surface area contributed by atoms with Crippen LogP contribution < -0.4 is 5.73 Å². The van der Waals surface area contributed by atoms with Gasteiger partial charge in [0.2, 0.25) is 0 Å². The summed E-state index contributed by atoms with van der Waals surface area (Å²) in [6.45, 7) is -0.373. The lowest BCUT2D eigenvalue weighted by Crippen LogP contribution is -2.48. The van der Waals surface area contributed by atoms with Crippen molar-refractivity contribution in [2.45, 2.75) is 82.6 Å². The second-order valence-electron chi connectivity index (χ2n) is 14.1. The van der Waals surface area contributed by atoms with Crippen LogP contribution in [0.5, 0.6) is 0 Å². The molecule has 0 saturated heterocycles. The fraction of sp³-hybridized carbons (Fsp3) is 0.429. The van der Waals surface area contributed by atoms with Gasteiger partial charge in [0.1, 0.15) is 18.6 Å². The van der Waals surface area contributed by atoms with Crippen LogP contribution in [0, 0.1) is 5.41 Å². The van der Waals surface area contributed by atoms with Crippen LogP contribution >= 0.6 is 11.6 Å². The highest BCUT2D eigenvalue weighted by atomic mass is 35.5. The van der Waals surface area contributed by atoms with Crippen LogP contribution in [-0.4, -0.2) is 65.5 Å². The van der Waals surface area contributed by atoms with E-state index in [-0.39, 0.29) is 34.7 Å². The first-order chi connectivity index (χ1) is 25.2. The van der Waals surface area contributed by atoms with Crippen LogP contribution in [0.1, 0.15) is 82.4 Å². The lowest BCUT2D eigenvalue weighted by Gasteiger charge is -2.33. The molecule has 1 saturated carbocycles. The number of halogens is 8. The van der Waals surface area contributed by atoms with Crippen molar-refractivity contribution in [2.24, 2.45) is 16.1 Å². The zero-order valence-electron chi connectivity index (χ0n) is 29.0. The van der Waals surface area contributed by atoms with Gasteiger partial charge in [0.25, 0.3) is 18.3 Å². The molecule has 1 aliphatic carbocycles. The number of amides is 1. The number of hydrogen-bond donors (Lipinski definition) is 1. The van der Waals surface area contributed by atoms with E-state index in [0.29, 0.717) is 15.8 Å². The van der Waals surface area contributed by atoms with Gasteiger partial charge in [0.05, 0.1) is 29.4 Å². The molecule has 2 N–H and O–H groups in total. The third-order valence-electron chi connectivity index (χ3n) is 9.63. The van der Waals surface area contributed by atoms with Crippen molar-refractivity contribution < 1.29 is 45.1 Å². The van der Waals surface area contributed by atoms with E-state index in [1.54, 1.807) is 0 Å². The number of hydrogen-bond acceptors (Lipinski definition) is 8. The van der Waals surface area contributed by atoms with Crippen LogP contribution in [0.25, 0.3) is 16.8 Å². The Kier molecular flexibility index (Phi) is 10.0. The Hall–Kier alpha value is -5.00. The number of aliphatic imine (C=N–C) groups is 1. The molecular weight excluding hydrogens is 749 g/mol. The Labute approximate surface area is 308 Å². The number of aromatic nitrogens is 5. The monoisotopic (exact) mass is 782 g/mol. The largest absolute Gasteiger partial charge is 0.463 e. The molecule has 54 heavy (non-hydrogen) atoms. The second-order valence-corrected chi connectivity index (χ2v) is 14.5. The number of nitrogens with two attached hydrogens (primary N) is 1. The Balaban J connectivity index is 1.40. The van der Waals surface area contributed by atoms with Gasteiger partial charge in [-0.3, -0.25) is 14.5 Å². The third-order valence-corrected chi connectivity index (χ3v) is 9.95. The van der Waals surface area contributed by atoms with Crippen LogP contribution in [0.4, 0.5) is 30.7 Å². The number of guanidine groups is 1. The molecule has 0 unspecified atom stereocenters. The van der Waals surface area contributed by atoms with Gasteiger partial charge in [-0.15, -0.1) is 0 Å². The van der Waals surface area contributed by atoms with E-state index in [1.165, 1.54) is 62.5 Å². The van der Waals surface area contributed by atoms with Crippen molar-refractivity contribution in [3.05, 3.63) is 83.2 Å². The number of alkyl halides is 7. The summed E-state index contributed by atoms with van der Waals surface area (Å²) in [5.74, 6) is -6.21. The van der Waals surface area contributed by atoms with E-state index >= 15 is 4.39 Å². The topological polar surface area (TPSA) is 134 Å². The van der Waals surface area contributed by atoms with E-state index in [9.17, 15) is 35.9 Å². The minimum Gasteiger partial charge on any atom is -0.463 e. The van der Waals surface area contributed by atoms with Crippen molar-refractivity contribution in [3.8, 4) is 16.8 Å². The number of esters is 1. The van der Waals surface area contributed by atoms with Gasteiger partial charge >= 0.3 is 12.5 Å². The van der Waals surface area contributed by atoms with Crippen molar-refractivity contribution in [3.63, 3.8) is 0 Å². The Morgan fingerprint density at radius 2 is 1.70 bits per heavy atom. The lowest BCUT2D eigenvalue weighted by atomic mass is 9.80. The van der Waals surface area contributed by atoms with Crippen molar-refractivity contribution in [1.29, 1.82) is 0 Å². The number of carbonyl (C=O) groups excluding carboxylic acids is 2. The fourth-order valence-electron chi connectivity index (χ4n) is 6.67. The molecule has 0 bridgehead atoms. The van der Waals surface area contributed by atoms with Crippen molar-refractivity contribution in [1.82, 2.24) is 29.4 Å². The fourth-order valence-corrected chi connectivity index (χ4v) is 6.87. The highest BCUT2D eigenvalue weighted by molar-refractivity contribution is 6.32. The quantitative estimate of drug-likeness (QED) is 0.102. The van der Waals surface area contributed by atoms with E-state index < -0.39 is 84.7 Å². The van der Waals surface area contributed by atoms with Crippen LogP contribution in [-0.2, 0) is 19.9 Å². The van der Waals surface area contributed by atoms with Gasteiger partial charge < -0.3 is 10.5 Å². The van der Waals surface area contributed by atoms with Gasteiger partial charge in [-0.2, -0.15) is 19.0 Å². The highest BCUT2D eigenvalue weighted by Crippen LogP contribution is 2.59. The average Bonchev–Trinajstić information content (AvgIpc) is 3.40. The molecule has 4 aromatic rings. The predicted molar refractivity (Wildman–Crippen MR) is 181 cm³/mol. The second kappa shape index (κ2) is 14.0. The Bertz CT molecular complexity index is 2070. The number of ether oxygens (including phenoxy) is 1. The Morgan fingerprint density at radius 3 is 2.28 bits per heavy atom. The minimum absolute atomic E-state index is 0.0511. The molecule has 2 atom stereocenters. The van der Waals surface area contributed by atoms with Gasteiger partial charge in [-0.1, -0.05) is 41.9 Å². The molecule has 0 radical (unpaired) electrons. The van der Waals surface area contributed by atoms with Crippen molar-refractivity contribution in [2.75, 3.05) is 6.61 Å². The van der Waals surface area contributed by atoms with Gasteiger partial charge in [-0.25, -0.2) is 41.3 Å². The minimum atomic E-state index is -3.17. The number of carbonyl (C=O) groups is 2. The van der Waals surface area contributed by atoms with Crippen LogP contribution in [0.2, 0.25) is 5.02 Å². The SMILES string of the molecule is CC(C)(F)C[C@]1(c2ccc(-c3cnn(C(F)F)c3)cc2)N=C(N)N([C@H](COC(=O)CC2(C(C)(F)F)CC2)c2ccc(Cl)c(-n3ncnc3C(F)F)c2)C1=O. The molecule has 19 heteroatoms. The van der Waals surface area contributed by atoms with Gasteiger partial charge in [-0.05, 0) is 62.4 Å². The molecule has 1 amide bonds. The maximum Gasteiger partial charge on any atom is 0.333 e. The first-order valence-electron chi connectivity index (χ1n) is 16.6. The molecule has 2 aliphatic rings. The Morgan fingerprint density at radius 1 is 1.02 bits per heavy atom. The maximum atomic E-state index is 15.6. The summed E-state index contributed by atoms with van der Waals surface area (Å²) in [5.41, 5.74) is 1.80. The zero-order chi connectivity index (χ0) is 39.4. The molecule has 3 heterocycles. The summed E-state index contributed by atoms with van der Waals surface area (Å²) in [5, 5.41) is 7.43. The molecular formula is C35H34ClF7N8O3. The van der Waals surface area contributed by atoms with E-state index in [2.05, 4.69) is 20.2 Å². The zero-order valence-corrected chi connectivity index (χ0v) is 29.8. The van der Waals surface area contributed by atoms with Gasteiger partial charge in [0.15, 0.2) is 17.3 Å². The number of rotatable bonds is 14. The molecule has 288 valence electrons. The summed E-state index contributed by atoms with van der Waals surface area (Å²) in [6.07, 6.45) is -0.788. The third kappa shape index (κ3) is 7.39. The standard InChI is InChI=1S/C35H34ClF7N8O3/c1-32(2,41)17-35(22-7-4-19(5-8-22)21-14-46-49(15-21)30(39)40)29(53)50(31(44)48-35)25(16-54-26(52)13-34(10-11-34)33(3,42)43)20-6-9-23(36)24(12-20)51-28(27(37)38)45-18-47-51/h4-9,12,14-15,18,25,27,30H,10-11,13,16-17H2,1-3H3,(H2,44,48)/t25-,35-/m1/s1. The molecule has 6 rings (SSSR count). The normalized spacial score (nSPS) is 19.1. The van der Waals surface area contributed by atoms with Crippen molar-refractivity contribution >= 4 is 29.4 Å². The summed E-state index contributed by atoms with van der Waals surface area (Å²) in [7, 11) is 0. The smallest absolute Gasteiger partial charge is 0.333 e. The molecule has 1 fully saturated rings. The molecule has 2 aromatic heterocycles. The predicted octanol–water partition coefficient (Wildman–Crippen LogP) is 7.72. The van der Waals surface area contributed by atoms with E-state index in [4.69, 9.17) is 22.1 Å². The van der Waals surface area contributed by atoms with Crippen LogP contribution in [0.15, 0.2) is 66.2 Å². The van der Waals surface area contributed by atoms with Crippen LogP contribution in [0.3, 0.4) is 0 Å². The highest BCUT2D eigenvalue weighted by Gasteiger charge is 2.60. The first kappa shape index (κ1) is 38.7. The van der Waals surface area contributed by atoms with E-state index in [0.717, 1.165) is 29.0 Å². The number of nitrogens with zero attached hydrogens (tertiary/aromatic N) is 7. The lowest BCUT2D eigenvalue weighted by molar-refractivity contribution is -0.153. The van der Waals surface area contributed by atoms with Gasteiger partial charge in [0, 0.05) is 23.6 Å². The molecule has 1 aliphatic heterocycles. The maximum absolute atomic E-state index is 15.6. The molecule has 0 spiro atoms. The average molecular weight is 783 g/mol. The summed E-state index contributed by atoms with van der Waals surface area (Å²) in [6, 6.07) is 8.58. The number of benzene rings is 2. The summed E-state index contributed by atoms with van der Waals surface area (Å²) < 4.78 is 105.